The van der Waals surface area contributed by atoms with E-state index in [1.807, 2.05) is 24.3 Å². The number of amides is 1. The number of halogens is 2. The Kier molecular flexibility index (Phi) is 12.2. The highest BCUT2D eigenvalue weighted by Crippen LogP contribution is 2.32. The van der Waals surface area contributed by atoms with E-state index in [0.717, 1.165) is 27.9 Å². The molecule has 0 aliphatic carbocycles. The highest BCUT2D eigenvalue weighted by molar-refractivity contribution is 8.26. The Balaban J connectivity index is 0.000000960. The SMILES string of the molecule is NCCO.O=C(O)CN1C(=O)/C(=C\c2ccc(N(CCCl)CCCl)cc2)SC1=S. The molecule has 0 radical (unpaired) electrons. The maximum absolute atomic E-state index is 12.2. The number of alkyl halides is 2. The van der Waals surface area contributed by atoms with Crippen LogP contribution in [0.25, 0.3) is 6.08 Å². The predicted molar refractivity (Wildman–Crippen MR) is 124 cm³/mol. The molecule has 1 aliphatic rings. The average molecular weight is 480 g/mol. The molecule has 2 rings (SSSR count). The molecule has 1 aromatic carbocycles. The molecule has 1 fully saturated rings. The molecule has 0 saturated carbocycles. The summed E-state index contributed by atoms with van der Waals surface area (Å²) in [6.45, 7) is 1.44. The molecule has 7 nitrogen and oxygen atoms in total. The van der Waals surface area contributed by atoms with Crippen molar-refractivity contribution in [1.29, 1.82) is 0 Å². The van der Waals surface area contributed by atoms with Gasteiger partial charge in [0.05, 0.1) is 11.5 Å². The van der Waals surface area contributed by atoms with Crippen molar-refractivity contribution >= 4 is 75.1 Å². The summed E-state index contributed by atoms with van der Waals surface area (Å²) in [5, 5.41) is 16.6. The van der Waals surface area contributed by atoms with E-state index in [9.17, 15) is 9.59 Å². The standard InChI is InChI=1S/C16H16Cl2N2O3S2.C2H7NO/c17-5-7-19(8-6-18)12-3-1-11(2-4-12)9-13-15(23)20(10-14(21)22)16(24)25-13;3-1-2-4/h1-4,9H,5-8,10H2,(H,21,22);4H,1-3H2/b13-9+;. The third kappa shape index (κ3) is 8.49. The smallest absolute Gasteiger partial charge is 0.323 e. The van der Waals surface area contributed by atoms with Gasteiger partial charge in [0.15, 0.2) is 0 Å². The average Bonchev–Trinajstić information content (AvgIpc) is 2.95. The van der Waals surface area contributed by atoms with Crippen LogP contribution in [0.5, 0.6) is 0 Å². The molecule has 1 amide bonds. The molecule has 1 aliphatic heterocycles. The van der Waals surface area contributed by atoms with E-state index >= 15 is 0 Å². The second-order valence-electron chi connectivity index (χ2n) is 5.63. The van der Waals surface area contributed by atoms with Crippen LogP contribution in [-0.4, -0.2) is 75.9 Å². The molecule has 0 unspecified atom stereocenters. The fourth-order valence-electron chi connectivity index (χ4n) is 2.28. The number of thioether (sulfide) groups is 1. The Bertz CT molecular complexity index is 724. The molecule has 4 N–H and O–H groups in total. The van der Waals surface area contributed by atoms with E-state index in [1.165, 1.54) is 0 Å². The number of anilines is 1. The lowest BCUT2D eigenvalue weighted by Crippen LogP contribution is -2.33. The zero-order valence-corrected chi connectivity index (χ0v) is 18.7. The number of rotatable bonds is 9. The van der Waals surface area contributed by atoms with Gasteiger partial charge in [-0.15, -0.1) is 23.2 Å². The number of carbonyl (C=O) groups excluding carboxylic acids is 1. The molecule has 1 saturated heterocycles. The maximum Gasteiger partial charge on any atom is 0.323 e. The fraction of sp³-hybridized carbons (Fsp3) is 0.389. The Morgan fingerprint density at radius 2 is 1.79 bits per heavy atom. The van der Waals surface area contributed by atoms with E-state index in [4.69, 9.17) is 51.4 Å². The van der Waals surface area contributed by atoms with E-state index in [2.05, 4.69) is 4.90 Å². The summed E-state index contributed by atoms with van der Waals surface area (Å²) in [5.74, 6) is -0.469. The van der Waals surface area contributed by atoms with Crippen molar-refractivity contribution < 1.29 is 19.8 Å². The third-order valence-corrected chi connectivity index (χ3v) is 5.28. The first-order valence-corrected chi connectivity index (χ1v) is 10.9. The normalized spacial score (nSPS) is 14.8. The molecule has 1 heterocycles. The number of nitrogens with two attached hydrogens (primary N) is 1. The van der Waals surface area contributed by atoms with Gasteiger partial charge in [0.2, 0.25) is 0 Å². The number of benzene rings is 1. The van der Waals surface area contributed by atoms with E-state index in [0.29, 0.717) is 36.3 Å². The second kappa shape index (κ2) is 13.8. The summed E-state index contributed by atoms with van der Waals surface area (Å²) < 4.78 is 0.255. The molecule has 1 aromatic rings. The first-order chi connectivity index (χ1) is 13.9. The predicted octanol–water partition coefficient (Wildman–Crippen LogP) is 2.19. The Morgan fingerprint density at radius 1 is 1.24 bits per heavy atom. The van der Waals surface area contributed by atoms with Crippen LogP contribution in [0, 0.1) is 0 Å². The summed E-state index contributed by atoms with van der Waals surface area (Å²) in [6.07, 6.45) is 1.71. The van der Waals surface area contributed by atoms with Gasteiger partial charge in [0, 0.05) is 37.1 Å². The molecule has 11 heteroatoms. The highest BCUT2D eigenvalue weighted by atomic mass is 35.5. The van der Waals surface area contributed by atoms with Gasteiger partial charge in [-0.25, -0.2) is 0 Å². The van der Waals surface area contributed by atoms with Crippen LogP contribution in [0.4, 0.5) is 5.69 Å². The van der Waals surface area contributed by atoms with Crippen LogP contribution < -0.4 is 10.6 Å². The number of thiocarbonyl (C=S) groups is 1. The van der Waals surface area contributed by atoms with Gasteiger partial charge in [-0.05, 0) is 23.8 Å². The number of aliphatic hydroxyl groups is 1. The van der Waals surface area contributed by atoms with Crippen LogP contribution in [0.2, 0.25) is 0 Å². The Labute approximate surface area is 189 Å². The van der Waals surface area contributed by atoms with Crippen LogP contribution in [0.1, 0.15) is 5.56 Å². The quantitative estimate of drug-likeness (QED) is 0.281. The lowest BCUT2D eigenvalue weighted by atomic mass is 10.1. The number of aliphatic carboxylic acids is 1. The lowest BCUT2D eigenvalue weighted by molar-refractivity contribution is -0.140. The van der Waals surface area contributed by atoms with E-state index in [-0.39, 0.29) is 16.8 Å². The molecule has 0 aromatic heterocycles. The van der Waals surface area contributed by atoms with Crippen LogP contribution in [-0.2, 0) is 9.59 Å². The minimum absolute atomic E-state index is 0.0972. The first kappa shape index (κ1) is 25.7. The number of nitrogens with zero attached hydrogens (tertiary/aromatic N) is 2. The van der Waals surface area contributed by atoms with Crippen LogP contribution >= 0.6 is 47.2 Å². The van der Waals surface area contributed by atoms with Crippen molar-refractivity contribution in [3.63, 3.8) is 0 Å². The van der Waals surface area contributed by atoms with Crippen molar-refractivity contribution in [3.05, 3.63) is 34.7 Å². The minimum Gasteiger partial charge on any atom is -0.480 e. The maximum atomic E-state index is 12.2. The number of hydrogen-bond donors (Lipinski definition) is 3. The van der Waals surface area contributed by atoms with E-state index in [1.54, 1.807) is 6.08 Å². The Hall–Kier alpha value is -1.36. The van der Waals surface area contributed by atoms with Gasteiger partial charge in [-0.1, -0.05) is 36.1 Å². The van der Waals surface area contributed by atoms with Crippen LogP contribution in [0.3, 0.4) is 0 Å². The summed E-state index contributed by atoms with van der Waals surface area (Å²) in [7, 11) is 0. The van der Waals surface area contributed by atoms with Crippen molar-refractivity contribution in [2.24, 2.45) is 5.73 Å². The number of aliphatic hydroxyl groups excluding tert-OH is 1. The van der Waals surface area contributed by atoms with Gasteiger partial charge >= 0.3 is 5.97 Å². The summed E-state index contributed by atoms with van der Waals surface area (Å²) >= 11 is 17.8. The zero-order valence-electron chi connectivity index (χ0n) is 15.6. The largest absolute Gasteiger partial charge is 0.480 e. The lowest BCUT2D eigenvalue weighted by Gasteiger charge is -2.22. The van der Waals surface area contributed by atoms with Gasteiger partial charge < -0.3 is 20.8 Å². The third-order valence-electron chi connectivity index (χ3n) is 3.56. The van der Waals surface area contributed by atoms with E-state index < -0.39 is 12.5 Å². The Morgan fingerprint density at radius 3 is 2.24 bits per heavy atom. The topological polar surface area (TPSA) is 107 Å². The summed E-state index contributed by atoms with van der Waals surface area (Å²) in [6, 6.07) is 7.63. The van der Waals surface area contributed by atoms with Gasteiger partial charge in [-0.3, -0.25) is 14.5 Å². The fourth-order valence-corrected chi connectivity index (χ4v) is 3.94. The summed E-state index contributed by atoms with van der Waals surface area (Å²) in [5.41, 5.74) is 6.60. The zero-order chi connectivity index (χ0) is 21.8. The monoisotopic (exact) mass is 479 g/mol. The molecule has 0 spiro atoms. The van der Waals surface area contributed by atoms with Crippen molar-refractivity contribution in [1.82, 2.24) is 4.90 Å². The van der Waals surface area contributed by atoms with Gasteiger partial charge in [0.25, 0.3) is 5.91 Å². The highest BCUT2D eigenvalue weighted by Gasteiger charge is 2.33. The number of carboxylic acids is 1. The van der Waals surface area contributed by atoms with Crippen molar-refractivity contribution in [2.75, 3.05) is 49.4 Å². The van der Waals surface area contributed by atoms with Crippen molar-refractivity contribution in [3.8, 4) is 0 Å². The van der Waals surface area contributed by atoms with Gasteiger partial charge in [0.1, 0.15) is 10.9 Å². The molecular weight excluding hydrogens is 457 g/mol. The number of hydrogen-bond acceptors (Lipinski definition) is 7. The minimum atomic E-state index is -1.10. The molecule has 0 bridgehead atoms. The molecular formula is C18H23Cl2N3O4S2. The van der Waals surface area contributed by atoms with Crippen molar-refractivity contribution in [2.45, 2.75) is 0 Å². The second-order valence-corrected chi connectivity index (χ2v) is 8.06. The van der Waals surface area contributed by atoms with Crippen LogP contribution in [0.15, 0.2) is 29.2 Å². The van der Waals surface area contributed by atoms with Gasteiger partial charge in [-0.2, -0.15) is 0 Å². The molecule has 29 heavy (non-hydrogen) atoms. The number of carbonyl (C=O) groups is 2. The number of carboxylic acid groups (broad SMARTS) is 1. The first-order valence-electron chi connectivity index (χ1n) is 8.63. The molecule has 0 atom stereocenters. The summed E-state index contributed by atoms with van der Waals surface area (Å²) in [4.78, 5) is 26.6. The molecule has 160 valence electrons.